The third-order valence-corrected chi connectivity index (χ3v) is 3.81. The lowest BCUT2D eigenvalue weighted by Gasteiger charge is -2.07. The van der Waals surface area contributed by atoms with Crippen molar-refractivity contribution in [2.75, 3.05) is 5.32 Å². The van der Waals surface area contributed by atoms with E-state index in [0.717, 1.165) is 21.4 Å². The van der Waals surface area contributed by atoms with Crippen molar-refractivity contribution in [3.63, 3.8) is 0 Å². The first kappa shape index (κ1) is 14.5. The van der Waals surface area contributed by atoms with E-state index < -0.39 is 0 Å². The Morgan fingerprint density at radius 2 is 1.91 bits per heavy atom. The highest BCUT2D eigenvalue weighted by Gasteiger charge is 2.15. The number of H-pyrrole nitrogens is 1. The van der Waals surface area contributed by atoms with Gasteiger partial charge in [0.1, 0.15) is 5.69 Å². The van der Waals surface area contributed by atoms with Gasteiger partial charge in [-0.15, -0.1) is 0 Å². The monoisotopic (exact) mass is 355 g/mol. The Morgan fingerprint density at radius 1 is 1.14 bits per heavy atom. The first-order chi connectivity index (χ1) is 10.6. The zero-order valence-corrected chi connectivity index (χ0v) is 13.5. The number of aromatic amines is 1. The van der Waals surface area contributed by atoms with Crippen molar-refractivity contribution in [1.82, 2.24) is 10.2 Å². The fourth-order valence-electron chi connectivity index (χ4n) is 2.20. The van der Waals surface area contributed by atoms with Crippen LogP contribution in [0.2, 0.25) is 0 Å². The molecule has 0 aliphatic carbocycles. The average Bonchev–Trinajstić information content (AvgIpc) is 2.89. The van der Waals surface area contributed by atoms with Crippen LogP contribution < -0.4 is 5.32 Å². The lowest BCUT2D eigenvalue weighted by Crippen LogP contribution is -2.12. The van der Waals surface area contributed by atoms with Gasteiger partial charge in [-0.1, -0.05) is 52.3 Å². The number of carbonyl (C=O) groups is 1. The van der Waals surface area contributed by atoms with Crippen molar-refractivity contribution in [3.05, 3.63) is 70.3 Å². The standard InChI is InChI=1S/C17H14BrN3O/c1-11-15(16(21-20-11)12-6-3-2-4-7-12)19-17(22)13-8-5-9-14(18)10-13/h2-10H,1H3,(H,19,22)(H,20,21). The number of aryl methyl sites for hydroxylation is 1. The highest BCUT2D eigenvalue weighted by Crippen LogP contribution is 2.28. The lowest BCUT2D eigenvalue weighted by molar-refractivity contribution is 0.102. The Hall–Kier alpha value is -2.40. The van der Waals surface area contributed by atoms with E-state index in [2.05, 4.69) is 31.4 Å². The van der Waals surface area contributed by atoms with Crippen LogP contribution in [0.15, 0.2) is 59.1 Å². The Bertz CT molecular complexity index is 812. The third kappa shape index (κ3) is 2.94. The Balaban J connectivity index is 1.93. The van der Waals surface area contributed by atoms with Crippen LogP contribution >= 0.6 is 15.9 Å². The molecule has 3 aromatic rings. The minimum Gasteiger partial charge on any atom is -0.319 e. The summed E-state index contributed by atoms with van der Waals surface area (Å²) in [7, 11) is 0. The van der Waals surface area contributed by atoms with Crippen molar-refractivity contribution >= 4 is 27.5 Å². The molecule has 3 rings (SSSR count). The summed E-state index contributed by atoms with van der Waals surface area (Å²) in [6, 6.07) is 17.0. The number of amides is 1. The van der Waals surface area contributed by atoms with Gasteiger partial charge in [0.15, 0.2) is 0 Å². The zero-order chi connectivity index (χ0) is 15.5. The normalized spacial score (nSPS) is 10.5. The smallest absolute Gasteiger partial charge is 0.255 e. The maximum absolute atomic E-state index is 12.4. The molecule has 0 saturated carbocycles. The van der Waals surface area contributed by atoms with Gasteiger partial charge in [0.05, 0.1) is 11.4 Å². The molecule has 0 aliphatic heterocycles. The quantitative estimate of drug-likeness (QED) is 0.731. The number of nitrogens with one attached hydrogen (secondary N) is 2. The van der Waals surface area contributed by atoms with Crippen LogP contribution in [0.5, 0.6) is 0 Å². The highest BCUT2D eigenvalue weighted by atomic mass is 79.9. The number of aromatic nitrogens is 2. The molecular formula is C17H14BrN3O. The number of hydrogen-bond acceptors (Lipinski definition) is 2. The third-order valence-electron chi connectivity index (χ3n) is 3.32. The summed E-state index contributed by atoms with van der Waals surface area (Å²) >= 11 is 3.38. The van der Waals surface area contributed by atoms with Gasteiger partial charge in [0.25, 0.3) is 5.91 Å². The van der Waals surface area contributed by atoms with Crippen molar-refractivity contribution in [2.45, 2.75) is 6.92 Å². The van der Waals surface area contributed by atoms with Gasteiger partial charge in [-0.3, -0.25) is 9.89 Å². The summed E-state index contributed by atoms with van der Waals surface area (Å²) in [5.74, 6) is -0.164. The number of hydrogen-bond donors (Lipinski definition) is 2. The topological polar surface area (TPSA) is 57.8 Å². The van der Waals surface area contributed by atoms with Gasteiger partial charge in [0.2, 0.25) is 0 Å². The minimum atomic E-state index is -0.164. The number of benzene rings is 2. The van der Waals surface area contributed by atoms with Crippen molar-refractivity contribution in [2.24, 2.45) is 0 Å². The van der Waals surface area contributed by atoms with Crippen molar-refractivity contribution < 1.29 is 4.79 Å². The molecule has 1 heterocycles. The Labute approximate surface area is 136 Å². The number of rotatable bonds is 3. The van der Waals surface area contributed by atoms with Gasteiger partial charge >= 0.3 is 0 Å². The fourth-order valence-corrected chi connectivity index (χ4v) is 2.60. The summed E-state index contributed by atoms with van der Waals surface area (Å²) in [5.41, 5.74) is 3.81. The molecule has 0 atom stereocenters. The molecule has 0 aliphatic rings. The summed E-state index contributed by atoms with van der Waals surface area (Å²) in [6.45, 7) is 1.88. The van der Waals surface area contributed by atoms with Crippen LogP contribution in [0.1, 0.15) is 16.1 Å². The van der Waals surface area contributed by atoms with Crippen LogP contribution in [0.25, 0.3) is 11.3 Å². The summed E-state index contributed by atoms with van der Waals surface area (Å²) in [6.07, 6.45) is 0. The molecule has 0 spiro atoms. The minimum absolute atomic E-state index is 0.164. The molecule has 0 radical (unpaired) electrons. The number of anilines is 1. The molecule has 110 valence electrons. The first-order valence-corrected chi connectivity index (χ1v) is 7.62. The average molecular weight is 356 g/mol. The van der Waals surface area contributed by atoms with Gasteiger partial charge in [-0.05, 0) is 25.1 Å². The molecule has 4 nitrogen and oxygen atoms in total. The van der Waals surface area contributed by atoms with E-state index >= 15 is 0 Å². The van der Waals surface area contributed by atoms with E-state index in [1.807, 2.05) is 49.4 Å². The molecular weight excluding hydrogens is 342 g/mol. The van der Waals surface area contributed by atoms with Crippen LogP contribution in [-0.2, 0) is 0 Å². The second-order valence-corrected chi connectivity index (χ2v) is 5.82. The first-order valence-electron chi connectivity index (χ1n) is 6.82. The Kier molecular flexibility index (Phi) is 4.06. The predicted molar refractivity (Wildman–Crippen MR) is 90.9 cm³/mol. The molecule has 1 amide bonds. The Morgan fingerprint density at radius 3 is 2.64 bits per heavy atom. The van der Waals surface area contributed by atoms with Gasteiger partial charge in [0, 0.05) is 15.6 Å². The lowest BCUT2D eigenvalue weighted by atomic mass is 10.1. The fraction of sp³-hybridized carbons (Fsp3) is 0.0588. The molecule has 0 bridgehead atoms. The van der Waals surface area contributed by atoms with Crippen LogP contribution in [0, 0.1) is 6.92 Å². The van der Waals surface area contributed by atoms with E-state index in [4.69, 9.17) is 0 Å². The SMILES string of the molecule is Cc1[nH]nc(-c2ccccc2)c1NC(=O)c1cccc(Br)c1. The van der Waals surface area contributed by atoms with Crippen LogP contribution in [-0.4, -0.2) is 16.1 Å². The van der Waals surface area contributed by atoms with Gasteiger partial charge < -0.3 is 5.32 Å². The van der Waals surface area contributed by atoms with Gasteiger partial charge in [-0.25, -0.2) is 0 Å². The van der Waals surface area contributed by atoms with E-state index in [-0.39, 0.29) is 5.91 Å². The molecule has 5 heteroatoms. The summed E-state index contributed by atoms with van der Waals surface area (Å²) in [5, 5.41) is 10.2. The van der Waals surface area contributed by atoms with E-state index in [0.29, 0.717) is 11.3 Å². The molecule has 22 heavy (non-hydrogen) atoms. The predicted octanol–water partition coefficient (Wildman–Crippen LogP) is 4.40. The van der Waals surface area contributed by atoms with E-state index in [9.17, 15) is 4.79 Å². The summed E-state index contributed by atoms with van der Waals surface area (Å²) in [4.78, 5) is 12.4. The molecule has 2 aromatic carbocycles. The second kappa shape index (κ2) is 6.15. The zero-order valence-electron chi connectivity index (χ0n) is 11.9. The number of halogens is 1. The van der Waals surface area contributed by atoms with Crippen molar-refractivity contribution in [1.29, 1.82) is 0 Å². The molecule has 0 fully saturated rings. The number of carbonyl (C=O) groups excluding carboxylic acids is 1. The maximum atomic E-state index is 12.4. The van der Waals surface area contributed by atoms with E-state index in [1.165, 1.54) is 0 Å². The largest absolute Gasteiger partial charge is 0.319 e. The molecule has 1 aromatic heterocycles. The molecule has 2 N–H and O–H groups in total. The molecule has 0 saturated heterocycles. The van der Waals surface area contributed by atoms with Crippen molar-refractivity contribution in [3.8, 4) is 11.3 Å². The van der Waals surface area contributed by atoms with Crippen LogP contribution in [0.4, 0.5) is 5.69 Å². The van der Waals surface area contributed by atoms with Gasteiger partial charge in [-0.2, -0.15) is 5.10 Å². The second-order valence-electron chi connectivity index (χ2n) is 4.90. The van der Waals surface area contributed by atoms with Crippen LogP contribution in [0.3, 0.4) is 0 Å². The number of nitrogens with zero attached hydrogens (tertiary/aromatic N) is 1. The summed E-state index contributed by atoms with van der Waals surface area (Å²) < 4.78 is 0.868. The highest BCUT2D eigenvalue weighted by molar-refractivity contribution is 9.10. The maximum Gasteiger partial charge on any atom is 0.255 e. The van der Waals surface area contributed by atoms with E-state index in [1.54, 1.807) is 12.1 Å². The molecule has 0 unspecified atom stereocenters.